The van der Waals surface area contributed by atoms with Gasteiger partial charge >= 0.3 is 6.09 Å². The molecule has 92 valence electrons. The molecule has 3 rings (SSSR count). The Morgan fingerprint density at radius 2 is 2.12 bits per heavy atom. The summed E-state index contributed by atoms with van der Waals surface area (Å²) in [4.78, 5) is 13.8. The molecule has 1 saturated carbocycles. The molecule has 4 atom stereocenters. The van der Waals surface area contributed by atoms with Crippen LogP contribution in [0.3, 0.4) is 0 Å². The van der Waals surface area contributed by atoms with Crippen molar-refractivity contribution in [1.82, 2.24) is 4.90 Å². The number of fused-ring (bicyclic) bond motifs is 1. The number of amides is 1. The molecule has 2 aliphatic heterocycles. The molecule has 4 heteroatoms. The van der Waals surface area contributed by atoms with E-state index >= 15 is 0 Å². The largest absolute Gasteiger partial charge is 0.444 e. The molecular weight excluding hydrogens is 204 g/mol. The van der Waals surface area contributed by atoms with Gasteiger partial charge in [0.2, 0.25) is 0 Å². The first kappa shape index (κ1) is 11.7. The normalized spacial score (nSPS) is 34.6. The summed E-state index contributed by atoms with van der Waals surface area (Å²) in [7, 11) is 0. The van der Waals surface area contributed by atoms with E-state index in [4.69, 9.17) is 10.5 Å². The Kier molecular flexibility index (Phi) is 2.65. The second-order valence-corrected chi connectivity index (χ2v) is 6.13. The number of nitrogens with zero attached hydrogens (tertiary/aromatic N) is 1. The summed E-state index contributed by atoms with van der Waals surface area (Å²) in [6.07, 6.45) is 0.925. The minimum absolute atomic E-state index is 0.177. The Bertz CT molecular complexity index is 296. The number of hydrogen-bond donors (Lipinski definition) is 1. The third kappa shape index (κ3) is 1.90. The molecule has 1 amide bonds. The van der Waals surface area contributed by atoms with Gasteiger partial charge in [0, 0.05) is 18.6 Å². The first-order valence-corrected chi connectivity index (χ1v) is 6.05. The minimum atomic E-state index is -0.409. The standard InChI is InChI=1S/C12H22N2O2/c1-7(13)10-8-5-9(10)14(6-8)11(15)16-12(2,3)4/h7-10H,5-6,13H2,1-4H3/t7-,8+,9-,10+/m1/s1. The van der Waals surface area contributed by atoms with Gasteiger partial charge in [-0.3, -0.25) is 0 Å². The monoisotopic (exact) mass is 226 g/mol. The summed E-state index contributed by atoms with van der Waals surface area (Å²) in [6, 6.07) is 0.496. The summed E-state index contributed by atoms with van der Waals surface area (Å²) in [5.74, 6) is 1.07. The zero-order chi connectivity index (χ0) is 12.1. The number of nitrogens with two attached hydrogens (primary N) is 1. The van der Waals surface area contributed by atoms with Gasteiger partial charge in [-0.25, -0.2) is 4.79 Å². The average molecular weight is 226 g/mol. The number of carbonyl (C=O) groups is 1. The maximum absolute atomic E-state index is 11.9. The minimum Gasteiger partial charge on any atom is -0.444 e. The Labute approximate surface area is 97.1 Å². The van der Waals surface area contributed by atoms with Crippen molar-refractivity contribution in [2.45, 2.75) is 51.8 Å². The molecule has 3 aliphatic rings. The highest BCUT2D eigenvalue weighted by Crippen LogP contribution is 2.47. The van der Waals surface area contributed by atoms with Gasteiger partial charge in [0.05, 0.1) is 0 Å². The Balaban J connectivity index is 1.96. The fraction of sp³-hybridized carbons (Fsp3) is 0.917. The Morgan fingerprint density at radius 1 is 1.50 bits per heavy atom. The third-order valence-electron chi connectivity index (χ3n) is 3.60. The molecule has 2 saturated heterocycles. The molecule has 3 fully saturated rings. The van der Waals surface area contributed by atoms with E-state index in [1.54, 1.807) is 0 Å². The van der Waals surface area contributed by atoms with Crippen molar-refractivity contribution in [1.29, 1.82) is 0 Å². The van der Waals surface area contributed by atoms with E-state index < -0.39 is 5.60 Å². The average Bonchev–Trinajstić information content (AvgIpc) is 2.53. The second-order valence-electron chi connectivity index (χ2n) is 6.13. The van der Waals surface area contributed by atoms with Crippen molar-refractivity contribution in [2.75, 3.05) is 6.54 Å². The summed E-state index contributed by atoms with van der Waals surface area (Å²) >= 11 is 0. The highest BCUT2D eigenvalue weighted by Gasteiger charge is 2.55. The van der Waals surface area contributed by atoms with Crippen LogP contribution in [0.2, 0.25) is 0 Å². The van der Waals surface area contributed by atoms with Crippen LogP contribution in [0, 0.1) is 11.8 Å². The topological polar surface area (TPSA) is 55.6 Å². The molecule has 1 aliphatic carbocycles. The molecule has 0 aromatic carbocycles. The lowest BCUT2D eigenvalue weighted by atomic mass is 9.70. The predicted molar refractivity (Wildman–Crippen MR) is 62.0 cm³/mol. The van der Waals surface area contributed by atoms with E-state index in [0.717, 1.165) is 13.0 Å². The summed E-state index contributed by atoms with van der Waals surface area (Å²) in [6.45, 7) is 8.55. The van der Waals surface area contributed by atoms with E-state index in [1.807, 2.05) is 32.6 Å². The smallest absolute Gasteiger partial charge is 0.410 e. The first-order chi connectivity index (χ1) is 7.29. The van der Waals surface area contributed by atoms with Crippen molar-refractivity contribution in [2.24, 2.45) is 17.6 Å². The van der Waals surface area contributed by atoms with E-state index in [-0.39, 0.29) is 12.1 Å². The van der Waals surface area contributed by atoms with Crippen LogP contribution in [-0.2, 0) is 4.74 Å². The molecule has 4 nitrogen and oxygen atoms in total. The van der Waals surface area contributed by atoms with Crippen LogP contribution >= 0.6 is 0 Å². The lowest BCUT2D eigenvalue weighted by Gasteiger charge is -2.39. The maximum Gasteiger partial charge on any atom is 0.410 e. The molecular formula is C12H22N2O2. The molecule has 0 unspecified atom stereocenters. The van der Waals surface area contributed by atoms with Crippen molar-refractivity contribution in [3.8, 4) is 0 Å². The van der Waals surface area contributed by atoms with Gasteiger partial charge in [0.15, 0.2) is 0 Å². The van der Waals surface area contributed by atoms with E-state index in [9.17, 15) is 4.79 Å². The van der Waals surface area contributed by atoms with Gasteiger partial charge in [-0.15, -0.1) is 0 Å². The molecule has 2 heterocycles. The number of carbonyl (C=O) groups excluding carboxylic acids is 1. The Hall–Kier alpha value is -0.770. The van der Waals surface area contributed by atoms with Crippen molar-refractivity contribution in [3.05, 3.63) is 0 Å². The molecule has 0 radical (unpaired) electrons. The number of hydrogen-bond acceptors (Lipinski definition) is 3. The van der Waals surface area contributed by atoms with Crippen LogP contribution in [0.15, 0.2) is 0 Å². The van der Waals surface area contributed by atoms with Gasteiger partial charge in [0.1, 0.15) is 5.60 Å². The van der Waals surface area contributed by atoms with Gasteiger partial charge in [0.25, 0.3) is 0 Å². The quantitative estimate of drug-likeness (QED) is 0.738. The predicted octanol–water partition coefficient (Wildman–Crippen LogP) is 1.59. The lowest BCUT2D eigenvalue weighted by Crippen LogP contribution is -2.49. The summed E-state index contributed by atoms with van der Waals surface area (Å²) < 4.78 is 5.39. The first-order valence-electron chi connectivity index (χ1n) is 6.05. The SMILES string of the molecule is C[C@@H](N)[C@H]1[C@H]2C[C@H]1N(C(=O)OC(C)(C)C)C2. The van der Waals surface area contributed by atoms with Gasteiger partial charge in [-0.1, -0.05) is 0 Å². The molecule has 16 heavy (non-hydrogen) atoms. The van der Waals surface area contributed by atoms with Gasteiger partial charge in [-0.05, 0) is 46.0 Å². The van der Waals surface area contributed by atoms with Crippen LogP contribution in [-0.4, -0.2) is 35.2 Å². The zero-order valence-corrected chi connectivity index (χ0v) is 10.6. The van der Waals surface area contributed by atoms with Crippen LogP contribution in [0.5, 0.6) is 0 Å². The molecule has 2 bridgehead atoms. The van der Waals surface area contributed by atoms with Crippen molar-refractivity contribution >= 4 is 6.09 Å². The van der Waals surface area contributed by atoms with E-state index in [0.29, 0.717) is 17.9 Å². The van der Waals surface area contributed by atoms with Crippen LogP contribution < -0.4 is 5.73 Å². The Morgan fingerprint density at radius 3 is 2.56 bits per heavy atom. The summed E-state index contributed by atoms with van der Waals surface area (Å²) in [5.41, 5.74) is 5.52. The lowest BCUT2D eigenvalue weighted by molar-refractivity contribution is 0.0191. The number of rotatable bonds is 1. The van der Waals surface area contributed by atoms with Crippen LogP contribution in [0.4, 0.5) is 4.79 Å². The molecule has 0 aromatic rings. The molecule has 2 N–H and O–H groups in total. The molecule has 0 aromatic heterocycles. The highest BCUT2D eigenvalue weighted by molar-refractivity contribution is 5.69. The van der Waals surface area contributed by atoms with Gasteiger partial charge < -0.3 is 15.4 Å². The maximum atomic E-state index is 11.9. The van der Waals surface area contributed by atoms with Crippen LogP contribution in [0.25, 0.3) is 0 Å². The fourth-order valence-corrected chi connectivity index (χ4v) is 2.97. The fourth-order valence-electron chi connectivity index (χ4n) is 2.97. The summed E-state index contributed by atoms with van der Waals surface area (Å²) in [5, 5.41) is 0. The number of ether oxygens (including phenoxy) is 1. The van der Waals surface area contributed by atoms with Crippen molar-refractivity contribution < 1.29 is 9.53 Å². The molecule has 0 spiro atoms. The third-order valence-corrected chi connectivity index (χ3v) is 3.60. The highest BCUT2D eigenvalue weighted by atomic mass is 16.6. The second kappa shape index (κ2) is 3.62. The van der Waals surface area contributed by atoms with E-state index in [1.165, 1.54) is 0 Å². The van der Waals surface area contributed by atoms with Crippen molar-refractivity contribution in [3.63, 3.8) is 0 Å². The zero-order valence-electron chi connectivity index (χ0n) is 10.6. The van der Waals surface area contributed by atoms with E-state index in [2.05, 4.69) is 0 Å². The van der Waals surface area contributed by atoms with Gasteiger partial charge in [-0.2, -0.15) is 0 Å². The van der Waals surface area contributed by atoms with Crippen LogP contribution in [0.1, 0.15) is 34.1 Å².